The Morgan fingerprint density at radius 2 is 0.812 bits per heavy atom. The third-order valence-corrected chi connectivity index (χ3v) is 0. The van der Waals surface area contributed by atoms with E-state index in [4.69, 9.17) is 9.59 Å². The first kappa shape index (κ1) is 36.2. The quantitative estimate of drug-likeness (QED) is 0.373. The smallest absolute Gasteiger partial charge is 0.116 e. The van der Waals surface area contributed by atoms with Crippen LogP contribution in [0.5, 0.6) is 0 Å². The lowest BCUT2D eigenvalue weighted by molar-refractivity contribution is -0.106. The van der Waals surface area contributed by atoms with Crippen LogP contribution in [0.2, 0.25) is 0 Å². The van der Waals surface area contributed by atoms with Crippen LogP contribution in [0.4, 0.5) is 0 Å². The number of rotatable bonds is 0. The summed E-state index contributed by atoms with van der Waals surface area (Å²) in [6, 6.07) is 0. The van der Waals surface area contributed by atoms with Gasteiger partial charge in [-0.3, -0.25) is 0 Å². The van der Waals surface area contributed by atoms with E-state index >= 15 is 0 Å². The van der Waals surface area contributed by atoms with Crippen molar-refractivity contribution in [2.45, 2.75) is 42.0 Å². The van der Waals surface area contributed by atoms with Crippen molar-refractivity contribution in [2.75, 3.05) is 0 Å². The fourth-order valence-electron chi connectivity index (χ4n) is 0. The van der Waals surface area contributed by atoms with Crippen molar-refractivity contribution in [1.29, 1.82) is 0 Å². The van der Waals surface area contributed by atoms with Gasteiger partial charge in [0.15, 0.2) is 0 Å². The van der Waals surface area contributed by atoms with Crippen LogP contribution in [0, 0.1) is 0 Å². The highest BCUT2D eigenvalue weighted by molar-refractivity contribution is 7.79. The Labute approximate surface area is 112 Å². The van der Waals surface area contributed by atoms with E-state index < -0.39 is 0 Å². The van der Waals surface area contributed by atoms with Gasteiger partial charge >= 0.3 is 0 Å². The van der Waals surface area contributed by atoms with Gasteiger partial charge in [0.25, 0.3) is 0 Å². The predicted octanol–water partition coefficient (Wildman–Crippen LogP) is 4.25. The van der Waals surface area contributed by atoms with Crippen molar-refractivity contribution in [3.05, 3.63) is 12.7 Å². The summed E-state index contributed by atoms with van der Waals surface area (Å²) in [5, 5.41) is 3.17. The molecule has 0 atom stereocenters. The summed E-state index contributed by atoms with van der Waals surface area (Å²) in [6.45, 7) is 11.8. The second-order valence-electron chi connectivity index (χ2n) is 1.35. The summed E-state index contributed by atoms with van der Waals surface area (Å²) in [6.07, 6.45) is 3.25. The number of hydrogen-bond acceptors (Lipinski definition) is 4. The zero-order valence-corrected chi connectivity index (χ0v) is 11.9. The first-order chi connectivity index (χ1) is 7.07. The molecule has 0 unspecified atom stereocenters. The predicted molar refractivity (Wildman–Crippen MR) is 84.7 cm³/mol. The molecular formula is C12H26O2S2. The minimum absolute atomic E-state index is 0. The molecule has 0 aliphatic carbocycles. The first-order valence-corrected chi connectivity index (χ1v) is 5.18. The molecule has 0 aromatic rings. The summed E-state index contributed by atoms with van der Waals surface area (Å²) in [5.41, 5.74) is 0. The Balaban J connectivity index is -0.0000000192. The standard InChI is InChI=1S/C3H6.2C2H4O.2C2H4S.CH4/c1-3-2;4*1-2-3;/h3H,1H2,2H3;4*2H,1H3;1H4. The average Bonchev–Trinajstić information content (AvgIpc) is 2.09. The van der Waals surface area contributed by atoms with E-state index in [2.05, 4.69) is 31.0 Å². The maximum Gasteiger partial charge on any atom is 0.116 e. The van der Waals surface area contributed by atoms with Crippen LogP contribution >= 0.6 is 24.4 Å². The molecule has 0 fully saturated rings. The van der Waals surface area contributed by atoms with Gasteiger partial charge in [-0.15, -0.1) is 6.58 Å². The first-order valence-electron chi connectivity index (χ1n) is 4.24. The largest absolute Gasteiger partial charge is 0.304 e. The zero-order chi connectivity index (χ0) is 13.5. The van der Waals surface area contributed by atoms with Crippen molar-refractivity contribution in [3.63, 3.8) is 0 Å². The van der Waals surface area contributed by atoms with Crippen molar-refractivity contribution < 1.29 is 9.59 Å². The van der Waals surface area contributed by atoms with Crippen molar-refractivity contribution in [3.8, 4) is 0 Å². The molecule has 4 heteroatoms. The molecule has 0 rings (SSSR count). The molecule has 0 aliphatic rings. The molecule has 0 saturated heterocycles. The molecule has 0 saturated carbocycles. The van der Waals surface area contributed by atoms with E-state index in [1.807, 2.05) is 20.8 Å². The average molecular weight is 266 g/mol. The minimum Gasteiger partial charge on any atom is -0.304 e. The summed E-state index contributed by atoms with van der Waals surface area (Å²) in [4.78, 5) is 17.6. The SMILES string of the molecule is C.C=CC.CC=O.CC=O.CC=S.CC=S. The Kier molecular flexibility index (Phi) is 312. The van der Waals surface area contributed by atoms with E-state index in [1.165, 1.54) is 13.8 Å². The van der Waals surface area contributed by atoms with Gasteiger partial charge < -0.3 is 9.59 Å². The maximum atomic E-state index is 8.81. The summed E-state index contributed by atoms with van der Waals surface area (Å²) < 4.78 is 0. The Hall–Kier alpha value is -0.740. The van der Waals surface area contributed by atoms with Gasteiger partial charge in [-0.25, -0.2) is 0 Å². The van der Waals surface area contributed by atoms with Gasteiger partial charge in [0.1, 0.15) is 12.6 Å². The number of thiocarbonyl (C=S) groups is 2. The highest BCUT2D eigenvalue weighted by Crippen LogP contribution is 1.38. The topological polar surface area (TPSA) is 34.1 Å². The summed E-state index contributed by atoms with van der Waals surface area (Å²) in [5.74, 6) is 0. The molecule has 2 nitrogen and oxygen atoms in total. The summed E-state index contributed by atoms with van der Waals surface area (Å²) >= 11 is 8.54. The monoisotopic (exact) mass is 266 g/mol. The van der Waals surface area contributed by atoms with E-state index in [0.717, 1.165) is 12.6 Å². The van der Waals surface area contributed by atoms with Crippen LogP contribution < -0.4 is 0 Å². The Bertz CT molecular complexity index is 89.4. The van der Waals surface area contributed by atoms with Crippen LogP contribution in [-0.2, 0) is 9.59 Å². The number of carbonyl (C=O) groups excluding carboxylic acids is 2. The minimum atomic E-state index is 0. The van der Waals surface area contributed by atoms with Gasteiger partial charge in [0.2, 0.25) is 0 Å². The number of carbonyl (C=O) groups is 2. The molecular weight excluding hydrogens is 240 g/mol. The number of hydrogen-bond donors (Lipinski definition) is 0. The lowest BCUT2D eigenvalue weighted by Crippen LogP contribution is -1.36. The molecule has 0 radical (unpaired) electrons. The highest BCUT2D eigenvalue weighted by Gasteiger charge is 1.24. The number of allylic oxidation sites excluding steroid dienone is 1. The van der Waals surface area contributed by atoms with E-state index in [1.54, 1.807) is 16.8 Å². The lowest BCUT2D eigenvalue weighted by atomic mass is 10.8. The Morgan fingerprint density at radius 3 is 0.812 bits per heavy atom. The lowest BCUT2D eigenvalue weighted by Gasteiger charge is -1.31. The zero-order valence-electron chi connectivity index (χ0n) is 10.2. The van der Waals surface area contributed by atoms with Gasteiger partial charge in [0.05, 0.1) is 0 Å². The molecule has 0 aromatic carbocycles. The maximum absolute atomic E-state index is 8.81. The third-order valence-electron chi connectivity index (χ3n) is 0. The van der Waals surface area contributed by atoms with Crippen LogP contribution in [0.15, 0.2) is 12.7 Å². The van der Waals surface area contributed by atoms with Gasteiger partial charge in [-0.2, -0.15) is 0 Å². The van der Waals surface area contributed by atoms with Gasteiger partial charge in [-0.05, 0) is 45.4 Å². The molecule has 0 aromatic heterocycles. The van der Waals surface area contributed by atoms with Crippen LogP contribution in [0.3, 0.4) is 0 Å². The second-order valence-corrected chi connectivity index (χ2v) is 2.29. The molecule has 0 spiro atoms. The summed E-state index contributed by atoms with van der Waals surface area (Å²) in [7, 11) is 0. The van der Waals surface area contributed by atoms with Crippen LogP contribution in [0.1, 0.15) is 42.0 Å². The molecule has 16 heavy (non-hydrogen) atoms. The van der Waals surface area contributed by atoms with E-state index in [-0.39, 0.29) is 7.43 Å². The highest BCUT2D eigenvalue weighted by atomic mass is 32.1. The Morgan fingerprint density at radius 1 is 0.812 bits per heavy atom. The van der Waals surface area contributed by atoms with Gasteiger partial charge in [0, 0.05) is 0 Å². The molecule has 0 amide bonds. The van der Waals surface area contributed by atoms with Crippen molar-refractivity contribution in [1.82, 2.24) is 0 Å². The molecule has 98 valence electrons. The fraction of sp³-hybridized carbons (Fsp3) is 0.500. The second kappa shape index (κ2) is 138. The van der Waals surface area contributed by atoms with Crippen LogP contribution in [0.25, 0.3) is 0 Å². The van der Waals surface area contributed by atoms with Crippen molar-refractivity contribution >= 4 is 47.7 Å². The van der Waals surface area contributed by atoms with Crippen LogP contribution in [-0.4, -0.2) is 23.3 Å². The number of aldehydes is 2. The third kappa shape index (κ3) is 3640. The van der Waals surface area contributed by atoms with E-state index in [0.29, 0.717) is 0 Å². The van der Waals surface area contributed by atoms with Crippen molar-refractivity contribution in [2.24, 2.45) is 0 Å². The molecule has 0 N–H and O–H groups in total. The normalized spacial score (nSPS) is 4.06. The molecule has 0 bridgehead atoms. The van der Waals surface area contributed by atoms with E-state index in [9.17, 15) is 0 Å². The molecule has 0 heterocycles. The fourth-order valence-corrected chi connectivity index (χ4v) is 0. The van der Waals surface area contributed by atoms with Gasteiger partial charge in [-0.1, -0.05) is 37.9 Å². The molecule has 0 aliphatic heterocycles.